The van der Waals surface area contributed by atoms with Gasteiger partial charge in [0.1, 0.15) is 13.2 Å². The van der Waals surface area contributed by atoms with E-state index in [2.05, 4.69) is 26.2 Å². The average molecular weight is 512 g/mol. The minimum Gasteiger partial charge on any atom is -0.493 e. The number of hydrogen-bond acceptors (Lipinski definition) is 5. The van der Waals surface area contributed by atoms with Crippen LogP contribution in [0.3, 0.4) is 0 Å². The highest BCUT2D eigenvalue weighted by atomic mass is 79.9. The van der Waals surface area contributed by atoms with Gasteiger partial charge in [0, 0.05) is 51.0 Å². The first-order valence-electron chi connectivity index (χ1n) is 9.25. The van der Waals surface area contributed by atoms with Crippen molar-refractivity contribution in [3.63, 3.8) is 0 Å². The Morgan fingerprint density at radius 2 is 1.93 bits per heavy atom. The molecule has 0 saturated heterocycles. The molecule has 1 heterocycles. The van der Waals surface area contributed by atoms with E-state index in [-0.39, 0.29) is 0 Å². The van der Waals surface area contributed by atoms with Gasteiger partial charge in [-0.3, -0.25) is 0 Å². The molecule has 1 N–H and O–H groups in total. The second-order valence-electron chi connectivity index (χ2n) is 6.27. The summed E-state index contributed by atoms with van der Waals surface area (Å²) < 4.78 is 18.1. The first kappa shape index (κ1) is 22.7. The first-order chi connectivity index (χ1) is 14.6. The van der Waals surface area contributed by atoms with Crippen molar-refractivity contribution in [2.45, 2.75) is 13.2 Å². The predicted molar refractivity (Wildman–Crippen MR) is 123 cm³/mol. The molecule has 0 aliphatic carbocycles. The molecule has 0 fully saturated rings. The Kier molecular flexibility index (Phi) is 8.63. The second-order valence-corrected chi connectivity index (χ2v) is 7.97. The lowest BCUT2D eigenvalue weighted by Gasteiger charge is -2.18. The fraction of sp³-hybridized carbons (Fsp3) is 0.227. The minimum atomic E-state index is 0.290. The highest BCUT2D eigenvalue weighted by molar-refractivity contribution is 9.10. The maximum Gasteiger partial charge on any atom is 0.213 e. The van der Waals surface area contributed by atoms with Gasteiger partial charge in [-0.25, -0.2) is 4.98 Å². The Bertz CT molecular complexity index is 974. The Labute approximate surface area is 194 Å². The molecule has 8 heteroatoms. The third-order valence-electron chi connectivity index (χ3n) is 4.24. The van der Waals surface area contributed by atoms with Crippen LogP contribution < -0.4 is 19.5 Å². The van der Waals surface area contributed by atoms with Crippen LogP contribution in [-0.2, 0) is 13.2 Å². The third-order valence-corrected chi connectivity index (χ3v) is 5.57. The highest BCUT2D eigenvalue weighted by Gasteiger charge is 2.15. The monoisotopic (exact) mass is 510 g/mol. The number of nitrogens with one attached hydrogen (secondary N) is 1. The number of methoxy groups -OCH3 is 1. The maximum atomic E-state index is 6.27. The van der Waals surface area contributed by atoms with Crippen LogP contribution in [-0.4, -0.2) is 25.2 Å². The summed E-state index contributed by atoms with van der Waals surface area (Å²) in [6.45, 7) is 1.99. The largest absolute Gasteiger partial charge is 0.493 e. The van der Waals surface area contributed by atoms with Gasteiger partial charge in [0.15, 0.2) is 11.5 Å². The van der Waals surface area contributed by atoms with E-state index in [1.807, 2.05) is 36.4 Å². The summed E-state index contributed by atoms with van der Waals surface area (Å²) >= 11 is 15.9. The number of hydrogen-bond donors (Lipinski definition) is 1. The fourth-order valence-corrected chi connectivity index (χ4v) is 3.64. The van der Waals surface area contributed by atoms with Crippen LogP contribution in [0.5, 0.6) is 17.4 Å². The summed E-state index contributed by atoms with van der Waals surface area (Å²) in [6.07, 6.45) is 1.70. The number of nitrogens with zero attached hydrogens (tertiary/aromatic N) is 1. The van der Waals surface area contributed by atoms with Gasteiger partial charge < -0.3 is 19.5 Å². The number of halogens is 3. The van der Waals surface area contributed by atoms with Crippen LogP contribution in [0, 0.1) is 0 Å². The van der Waals surface area contributed by atoms with E-state index in [9.17, 15) is 0 Å². The van der Waals surface area contributed by atoms with Crippen LogP contribution in [0.25, 0.3) is 0 Å². The van der Waals surface area contributed by atoms with Crippen molar-refractivity contribution >= 4 is 39.1 Å². The normalized spacial score (nSPS) is 10.7. The van der Waals surface area contributed by atoms with Crippen molar-refractivity contribution < 1.29 is 14.2 Å². The molecule has 5 nitrogen and oxygen atoms in total. The third kappa shape index (κ3) is 6.25. The SMILES string of the molecule is COc1ccc(Br)c(CNCCOc2ccccn2)c1OCc1ccc(Cl)cc1Cl. The molecule has 0 atom stereocenters. The Hall–Kier alpha value is -1.99. The van der Waals surface area contributed by atoms with E-state index in [0.29, 0.717) is 53.7 Å². The Balaban J connectivity index is 1.64. The van der Waals surface area contributed by atoms with Crippen molar-refractivity contribution in [3.05, 3.63) is 80.4 Å². The van der Waals surface area contributed by atoms with Crippen LogP contribution in [0.2, 0.25) is 10.0 Å². The minimum absolute atomic E-state index is 0.290. The van der Waals surface area contributed by atoms with Crippen LogP contribution in [0.15, 0.2) is 59.2 Å². The van der Waals surface area contributed by atoms with Gasteiger partial charge in [-0.15, -0.1) is 0 Å². The zero-order valence-corrected chi connectivity index (χ0v) is 19.4. The molecule has 0 bridgehead atoms. The van der Waals surface area contributed by atoms with Crippen molar-refractivity contribution in [2.24, 2.45) is 0 Å². The van der Waals surface area contributed by atoms with Crippen molar-refractivity contribution in [3.8, 4) is 17.4 Å². The molecular weight excluding hydrogens is 491 g/mol. The number of pyridine rings is 1. The Morgan fingerprint density at radius 1 is 1.07 bits per heavy atom. The number of ether oxygens (including phenoxy) is 3. The zero-order valence-electron chi connectivity index (χ0n) is 16.3. The molecule has 0 radical (unpaired) electrons. The van der Waals surface area contributed by atoms with Gasteiger partial charge in [-0.2, -0.15) is 0 Å². The molecule has 0 spiro atoms. The van der Waals surface area contributed by atoms with Gasteiger partial charge >= 0.3 is 0 Å². The summed E-state index contributed by atoms with van der Waals surface area (Å²) in [5.41, 5.74) is 1.78. The maximum absolute atomic E-state index is 6.27. The van der Waals surface area contributed by atoms with Crippen LogP contribution >= 0.6 is 39.1 Å². The van der Waals surface area contributed by atoms with E-state index in [4.69, 9.17) is 37.4 Å². The van der Waals surface area contributed by atoms with Crippen LogP contribution in [0.4, 0.5) is 0 Å². The van der Waals surface area contributed by atoms with Crippen molar-refractivity contribution in [1.82, 2.24) is 10.3 Å². The lowest BCUT2D eigenvalue weighted by atomic mass is 10.1. The summed E-state index contributed by atoms with van der Waals surface area (Å²) in [5, 5.41) is 4.50. The molecular formula is C22H21BrCl2N2O3. The van der Waals surface area contributed by atoms with E-state index >= 15 is 0 Å². The van der Waals surface area contributed by atoms with E-state index in [1.165, 1.54) is 0 Å². The number of benzene rings is 2. The summed E-state index contributed by atoms with van der Waals surface area (Å²) in [7, 11) is 1.61. The second kappa shape index (κ2) is 11.4. The number of rotatable bonds is 10. The molecule has 30 heavy (non-hydrogen) atoms. The predicted octanol–water partition coefficient (Wildman–Crippen LogP) is 5.91. The standard InChI is InChI=1S/C22H21BrCl2N2O3/c1-28-20-8-7-18(23)17(13-26-10-11-29-21-4-2-3-9-27-21)22(20)30-14-15-5-6-16(24)12-19(15)25/h2-9,12,26H,10-11,13-14H2,1H3. The van der Waals surface area contributed by atoms with Crippen LogP contribution in [0.1, 0.15) is 11.1 Å². The van der Waals surface area contributed by atoms with E-state index in [0.717, 1.165) is 15.6 Å². The lowest BCUT2D eigenvalue weighted by Crippen LogP contribution is -2.21. The smallest absolute Gasteiger partial charge is 0.213 e. The topological polar surface area (TPSA) is 52.6 Å². The molecule has 0 amide bonds. The highest BCUT2D eigenvalue weighted by Crippen LogP contribution is 2.37. The quantitative estimate of drug-likeness (QED) is 0.343. The molecule has 0 aliphatic heterocycles. The van der Waals surface area contributed by atoms with Gasteiger partial charge in [0.05, 0.1) is 7.11 Å². The van der Waals surface area contributed by atoms with Crippen molar-refractivity contribution in [1.29, 1.82) is 0 Å². The number of aromatic nitrogens is 1. The summed E-state index contributed by atoms with van der Waals surface area (Å²) in [6, 6.07) is 14.7. The zero-order chi connectivity index (χ0) is 21.3. The molecule has 1 aromatic heterocycles. The molecule has 0 aliphatic rings. The molecule has 0 saturated carbocycles. The molecule has 3 aromatic rings. The molecule has 158 valence electrons. The van der Waals surface area contributed by atoms with Gasteiger partial charge in [-0.05, 0) is 30.3 Å². The molecule has 3 rings (SSSR count). The summed E-state index contributed by atoms with van der Waals surface area (Å²) in [5.74, 6) is 1.89. The lowest BCUT2D eigenvalue weighted by molar-refractivity contribution is 0.278. The van der Waals surface area contributed by atoms with Crippen molar-refractivity contribution in [2.75, 3.05) is 20.3 Å². The van der Waals surface area contributed by atoms with E-state index in [1.54, 1.807) is 25.4 Å². The Morgan fingerprint density at radius 3 is 2.67 bits per heavy atom. The fourth-order valence-electron chi connectivity index (χ4n) is 2.73. The average Bonchev–Trinajstić information content (AvgIpc) is 2.75. The van der Waals surface area contributed by atoms with Gasteiger partial charge in [0.25, 0.3) is 0 Å². The first-order valence-corrected chi connectivity index (χ1v) is 10.8. The molecule has 2 aromatic carbocycles. The molecule has 0 unspecified atom stereocenters. The summed E-state index contributed by atoms with van der Waals surface area (Å²) in [4.78, 5) is 4.14. The van der Waals surface area contributed by atoms with E-state index < -0.39 is 0 Å². The van der Waals surface area contributed by atoms with Gasteiger partial charge in [-0.1, -0.05) is 51.3 Å². The van der Waals surface area contributed by atoms with Gasteiger partial charge in [0.2, 0.25) is 5.88 Å².